The number of halogens is 1. The van der Waals surface area contributed by atoms with Gasteiger partial charge in [-0.1, -0.05) is 24.3 Å². The van der Waals surface area contributed by atoms with Gasteiger partial charge >= 0.3 is 0 Å². The van der Waals surface area contributed by atoms with Gasteiger partial charge in [0, 0.05) is 37.9 Å². The van der Waals surface area contributed by atoms with E-state index in [1.54, 1.807) is 6.20 Å². The number of nitrogens with zero attached hydrogens (tertiary/aromatic N) is 6. The summed E-state index contributed by atoms with van der Waals surface area (Å²) >= 11 is 0. The maximum absolute atomic E-state index is 14.0. The molecule has 9 heteroatoms. The quantitative estimate of drug-likeness (QED) is 0.612. The average Bonchev–Trinajstić information content (AvgIpc) is 3.07. The molecular weight excluding hydrogens is 407 g/mol. The maximum Gasteiger partial charge on any atom is 0.229 e. The van der Waals surface area contributed by atoms with E-state index in [0.717, 1.165) is 37.4 Å². The van der Waals surface area contributed by atoms with Crippen molar-refractivity contribution < 1.29 is 4.39 Å². The molecule has 5 rings (SSSR count). The van der Waals surface area contributed by atoms with Crippen LogP contribution in [-0.2, 0) is 13.1 Å². The molecule has 3 aromatic rings. The Morgan fingerprint density at radius 3 is 2.53 bits per heavy atom. The lowest BCUT2D eigenvalue weighted by molar-refractivity contribution is 0.402. The number of rotatable bonds is 6. The number of nitrogens with two attached hydrogens (primary N) is 1. The number of anilines is 4. The molecule has 0 spiro atoms. The Kier molecular flexibility index (Phi) is 5.26. The van der Waals surface area contributed by atoms with Crippen molar-refractivity contribution in [3.05, 3.63) is 65.2 Å². The fraction of sp³-hybridized carbons (Fsp3) is 0.348. The number of nitrogen functional groups attached to an aromatic ring is 1. The number of hydrogen-bond acceptors (Lipinski definition) is 8. The molecule has 2 aliphatic rings. The first-order valence-corrected chi connectivity index (χ1v) is 10.8. The van der Waals surface area contributed by atoms with E-state index in [9.17, 15) is 4.39 Å². The van der Waals surface area contributed by atoms with Crippen LogP contribution >= 0.6 is 0 Å². The Labute approximate surface area is 186 Å². The zero-order chi connectivity index (χ0) is 22.2. The topological polar surface area (TPSA) is 86.4 Å². The highest BCUT2D eigenvalue weighted by atomic mass is 19.1. The first kappa shape index (κ1) is 20.4. The van der Waals surface area contributed by atoms with Crippen molar-refractivity contribution in [2.24, 2.45) is 0 Å². The summed E-state index contributed by atoms with van der Waals surface area (Å²) in [5.41, 5.74) is 10.1. The van der Waals surface area contributed by atoms with Crippen LogP contribution in [-0.4, -0.2) is 47.0 Å². The minimum atomic E-state index is -0.381. The van der Waals surface area contributed by atoms with Crippen LogP contribution < -0.4 is 20.9 Å². The van der Waals surface area contributed by atoms with E-state index in [-0.39, 0.29) is 12.0 Å². The Balaban J connectivity index is 1.51. The van der Waals surface area contributed by atoms with Crippen molar-refractivity contribution in [2.75, 3.05) is 48.0 Å². The van der Waals surface area contributed by atoms with Gasteiger partial charge in [0.1, 0.15) is 17.7 Å². The summed E-state index contributed by atoms with van der Waals surface area (Å²) in [5, 5.41) is 3.40. The van der Waals surface area contributed by atoms with Gasteiger partial charge in [-0.25, -0.2) is 4.39 Å². The average molecular weight is 435 g/mol. The minimum absolute atomic E-state index is 0.349. The van der Waals surface area contributed by atoms with Gasteiger partial charge in [-0.15, -0.1) is 0 Å². The van der Waals surface area contributed by atoms with Crippen molar-refractivity contribution in [1.29, 1.82) is 0 Å². The van der Waals surface area contributed by atoms with Gasteiger partial charge < -0.3 is 25.8 Å². The zero-order valence-electron chi connectivity index (χ0n) is 18.3. The van der Waals surface area contributed by atoms with Gasteiger partial charge in [0.2, 0.25) is 5.95 Å². The van der Waals surface area contributed by atoms with E-state index in [2.05, 4.69) is 68.3 Å². The third kappa shape index (κ3) is 3.91. The predicted molar refractivity (Wildman–Crippen MR) is 124 cm³/mol. The monoisotopic (exact) mass is 434 g/mol. The smallest absolute Gasteiger partial charge is 0.229 e. The number of fused-ring (bicyclic) bond motifs is 1. The van der Waals surface area contributed by atoms with Crippen LogP contribution in [0.25, 0.3) is 0 Å². The van der Waals surface area contributed by atoms with Crippen molar-refractivity contribution in [3.63, 3.8) is 0 Å². The van der Waals surface area contributed by atoms with Crippen LogP contribution in [0.3, 0.4) is 0 Å². The molecule has 0 radical (unpaired) electrons. The molecule has 4 heterocycles. The molecule has 32 heavy (non-hydrogen) atoms. The molecule has 0 aliphatic carbocycles. The molecule has 0 bridgehead atoms. The molecule has 8 nitrogen and oxygen atoms in total. The van der Waals surface area contributed by atoms with E-state index < -0.39 is 0 Å². The van der Waals surface area contributed by atoms with Crippen LogP contribution in [0, 0.1) is 5.82 Å². The molecule has 2 aliphatic heterocycles. The van der Waals surface area contributed by atoms with Crippen molar-refractivity contribution >= 4 is 23.3 Å². The number of hydrogen-bond donors (Lipinski definition) is 2. The zero-order valence-corrected chi connectivity index (χ0v) is 18.3. The fourth-order valence-electron chi connectivity index (χ4n) is 4.11. The second kappa shape index (κ2) is 8.23. The summed E-state index contributed by atoms with van der Waals surface area (Å²) in [7, 11) is 4.11. The molecular formula is C23H27FN8. The summed E-state index contributed by atoms with van der Waals surface area (Å²) in [5.74, 6) is 1.38. The van der Waals surface area contributed by atoms with Crippen LogP contribution in [0.4, 0.5) is 27.7 Å². The van der Waals surface area contributed by atoms with Gasteiger partial charge in [0.25, 0.3) is 0 Å². The van der Waals surface area contributed by atoms with Gasteiger partial charge in [-0.3, -0.25) is 4.98 Å². The second-order valence-corrected chi connectivity index (χ2v) is 8.61. The Hall–Kier alpha value is -3.46. The number of pyridine rings is 1. The van der Waals surface area contributed by atoms with Crippen LogP contribution in [0.2, 0.25) is 0 Å². The summed E-state index contributed by atoms with van der Waals surface area (Å²) in [6, 6.07) is 10.0. The minimum Gasteiger partial charge on any atom is -0.382 e. The highest BCUT2D eigenvalue weighted by Gasteiger charge is 2.35. The maximum atomic E-state index is 14.0. The van der Waals surface area contributed by atoms with Crippen molar-refractivity contribution in [3.8, 4) is 0 Å². The molecule has 0 amide bonds. The molecule has 1 unspecified atom stereocenters. The van der Waals surface area contributed by atoms with Gasteiger partial charge in [-0.2, -0.15) is 9.97 Å². The van der Waals surface area contributed by atoms with Crippen molar-refractivity contribution in [2.45, 2.75) is 25.7 Å². The standard InChI is InChI=1S/C23H27FN8/c1-30(2)13-15-4-6-16(7-5-15)14-32-21(17-10-18(24)12-26-11-17)27-19-20(25)28-23(29-22(19)32)31-8-3-9-31/h4-7,10-12,21,27H,3,8-9,13-14H2,1-2H3,(H2,25,28,29). The van der Waals surface area contributed by atoms with E-state index in [1.165, 1.54) is 17.8 Å². The molecule has 1 atom stereocenters. The molecule has 2 aromatic heterocycles. The highest BCUT2D eigenvalue weighted by Crippen LogP contribution is 2.44. The Bertz CT molecular complexity index is 1110. The summed E-state index contributed by atoms with van der Waals surface area (Å²) < 4.78 is 14.0. The first-order chi connectivity index (χ1) is 15.5. The molecule has 166 valence electrons. The van der Waals surface area contributed by atoms with E-state index in [1.807, 2.05) is 0 Å². The first-order valence-electron chi connectivity index (χ1n) is 10.8. The predicted octanol–water partition coefficient (Wildman–Crippen LogP) is 3.00. The largest absolute Gasteiger partial charge is 0.382 e. The van der Waals surface area contributed by atoms with Crippen molar-refractivity contribution in [1.82, 2.24) is 19.9 Å². The Morgan fingerprint density at radius 2 is 1.88 bits per heavy atom. The van der Waals surface area contributed by atoms with Gasteiger partial charge in [-0.05, 0) is 37.7 Å². The molecule has 1 aromatic carbocycles. The lowest BCUT2D eigenvalue weighted by Crippen LogP contribution is -2.38. The SMILES string of the molecule is CN(C)Cc1ccc(CN2c3nc(N4CCC4)nc(N)c3NC2c2cncc(F)c2)cc1. The van der Waals surface area contributed by atoms with E-state index in [0.29, 0.717) is 29.6 Å². The van der Waals surface area contributed by atoms with Gasteiger partial charge in [0.15, 0.2) is 11.6 Å². The van der Waals surface area contributed by atoms with Gasteiger partial charge in [0.05, 0.1) is 6.20 Å². The van der Waals surface area contributed by atoms with Crippen LogP contribution in [0.5, 0.6) is 0 Å². The normalized spacial score (nSPS) is 17.3. The summed E-state index contributed by atoms with van der Waals surface area (Å²) in [6.07, 6.45) is 3.65. The summed E-state index contributed by atoms with van der Waals surface area (Å²) in [6.45, 7) is 3.32. The lowest BCUT2D eigenvalue weighted by atomic mass is 10.1. The Morgan fingerprint density at radius 1 is 1.12 bits per heavy atom. The number of benzene rings is 1. The van der Waals surface area contributed by atoms with Crippen LogP contribution in [0.15, 0.2) is 42.7 Å². The molecule has 1 fully saturated rings. The molecule has 0 saturated carbocycles. The van der Waals surface area contributed by atoms with E-state index >= 15 is 0 Å². The number of aromatic nitrogens is 3. The molecule has 1 saturated heterocycles. The van der Waals surface area contributed by atoms with E-state index in [4.69, 9.17) is 10.7 Å². The fourth-order valence-corrected chi connectivity index (χ4v) is 4.11. The highest BCUT2D eigenvalue weighted by molar-refractivity contribution is 5.83. The molecule has 3 N–H and O–H groups in total. The third-order valence-corrected chi connectivity index (χ3v) is 5.83. The lowest BCUT2D eigenvalue weighted by Gasteiger charge is -2.32. The second-order valence-electron chi connectivity index (χ2n) is 8.61. The van der Waals surface area contributed by atoms with Crippen LogP contribution in [0.1, 0.15) is 29.3 Å². The number of nitrogens with one attached hydrogen (secondary N) is 1. The third-order valence-electron chi connectivity index (χ3n) is 5.83. The summed E-state index contributed by atoms with van der Waals surface area (Å²) in [4.78, 5) is 19.7.